The zero-order valence-electron chi connectivity index (χ0n) is 16.6. The molecule has 1 aliphatic carbocycles. The van der Waals surface area contributed by atoms with Crippen molar-refractivity contribution < 1.29 is 9.32 Å². The van der Waals surface area contributed by atoms with E-state index in [0.29, 0.717) is 16.8 Å². The third-order valence-electron chi connectivity index (χ3n) is 5.69. The standard InChI is InChI=1S/C24H23N3O2S/c28-23(25-18-10-6-1-2-7-11-18)17-12-13-21-19(14-17)22(27-29-21)20-15-30-24(26-20)16-8-4-3-5-9-16/h3-5,8-9,12-15,18H,1-2,6-7,10-11H2,(H,25,28). The lowest BCUT2D eigenvalue weighted by Crippen LogP contribution is -2.34. The number of thiazole rings is 1. The highest BCUT2D eigenvalue weighted by atomic mass is 32.1. The van der Waals surface area contributed by atoms with E-state index in [9.17, 15) is 4.79 Å². The molecule has 0 aliphatic heterocycles. The molecule has 0 unspecified atom stereocenters. The predicted molar refractivity (Wildman–Crippen MR) is 120 cm³/mol. The van der Waals surface area contributed by atoms with E-state index in [1.165, 1.54) is 25.7 Å². The summed E-state index contributed by atoms with van der Waals surface area (Å²) in [6.07, 6.45) is 7.03. The van der Waals surface area contributed by atoms with E-state index in [4.69, 9.17) is 9.51 Å². The molecule has 0 saturated heterocycles. The van der Waals surface area contributed by atoms with Crippen molar-refractivity contribution in [2.75, 3.05) is 0 Å². The summed E-state index contributed by atoms with van der Waals surface area (Å²) in [5.74, 6) is -0.0285. The maximum absolute atomic E-state index is 12.9. The Balaban J connectivity index is 1.42. The minimum atomic E-state index is -0.0285. The van der Waals surface area contributed by atoms with Crippen molar-refractivity contribution >= 4 is 28.2 Å². The third kappa shape index (κ3) is 3.87. The minimum Gasteiger partial charge on any atom is -0.356 e. The zero-order valence-corrected chi connectivity index (χ0v) is 17.5. The van der Waals surface area contributed by atoms with Crippen LogP contribution in [0.2, 0.25) is 0 Å². The number of rotatable bonds is 4. The van der Waals surface area contributed by atoms with E-state index < -0.39 is 0 Å². The molecule has 30 heavy (non-hydrogen) atoms. The second kappa shape index (κ2) is 8.40. The van der Waals surface area contributed by atoms with Gasteiger partial charge in [-0.3, -0.25) is 4.79 Å². The lowest BCUT2D eigenvalue weighted by Gasteiger charge is -2.16. The lowest BCUT2D eigenvalue weighted by molar-refractivity contribution is 0.0933. The Labute approximate surface area is 179 Å². The summed E-state index contributed by atoms with van der Waals surface area (Å²) < 4.78 is 5.50. The van der Waals surface area contributed by atoms with Crippen molar-refractivity contribution in [2.24, 2.45) is 0 Å². The molecular formula is C24H23N3O2S. The molecule has 0 atom stereocenters. The van der Waals surface area contributed by atoms with Crippen molar-refractivity contribution in [3.8, 4) is 22.0 Å². The fraction of sp³-hybridized carbons (Fsp3) is 0.292. The summed E-state index contributed by atoms with van der Waals surface area (Å²) in [5.41, 5.74) is 3.80. The van der Waals surface area contributed by atoms with Gasteiger partial charge < -0.3 is 9.84 Å². The van der Waals surface area contributed by atoms with Gasteiger partial charge in [0.05, 0.1) is 5.39 Å². The third-order valence-corrected chi connectivity index (χ3v) is 6.58. The van der Waals surface area contributed by atoms with Crippen molar-refractivity contribution in [1.82, 2.24) is 15.5 Å². The van der Waals surface area contributed by atoms with Crippen molar-refractivity contribution in [3.63, 3.8) is 0 Å². The number of hydrogen-bond acceptors (Lipinski definition) is 5. The number of amides is 1. The van der Waals surface area contributed by atoms with Gasteiger partial charge in [-0.05, 0) is 31.0 Å². The van der Waals surface area contributed by atoms with Crippen LogP contribution in [0.1, 0.15) is 48.9 Å². The van der Waals surface area contributed by atoms with E-state index in [1.54, 1.807) is 17.4 Å². The fourth-order valence-electron chi connectivity index (χ4n) is 4.05. The topological polar surface area (TPSA) is 68.0 Å². The molecule has 2 heterocycles. The van der Waals surface area contributed by atoms with E-state index in [-0.39, 0.29) is 11.9 Å². The second-order valence-corrected chi connectivity index (χ2v) is 8.67. The normalized spacial score (nSPS) is 15.2. The Morgan fingerprint density at radius 3 is 2.63 bits per heavy atom. The molecule has 1 fully saturated rings. The van der Waals surface area contributed by atoms with Gasteiger partial charge in [-0.2, -0.15) is 0 Å². The van der Waals surface area contributed by atoms with Gasteiger partial charge >= 0.3 is 0 Å². The smallest absolute Gasteiger partial charge is 0.251 e. The van der Waals surface area contributed by atoms with Gasteiger partial charge in [-0.1, -0.05) is 61.2 Å². The summed E-state index contributed by atoms with van der Waals surface area (Å²) in [4.78, 5) is 17.6. The summed E-state index contributed by atoms with van der Waals surface area (Å²) in [6.45, 7) is 0. The highest BCUT2D eigenvalue weighted by Crippen LogP contribution is 2.33. The summed E-state index contributed by atoms with van der Waals surface area (Å²) in [5, 5.41) is 11.2. The van der Waals surface area contributed by atoms with Crippen LogP contribution in [-0.2, 0) is 0 Å². The van der Waals surface area contributed by atoms with Gasteiger partial charge in [-0.15, -0.1) is 11.3 Å². The van der Waals surface area contributed by atoms with Gasteiger partial charge in [0, 0.05) is 22.5 Å². The van der Waals surface area contributed by atoms with Gasteiger partial charge in [0.25, 0.3) is 5.91 Å². The largest absolute Gasteiger partial charge is 0.356 e. The molecule has 1 aliphatic rings. The number of aromatic nitrogens is 2. The van der Waals surface area contributed by atoms with E-state index in [1.807, 2.05) is 47.8 Å². The molecular weight excluding hydrogens is 394 g/mol. The summed E-state index contributed by atoms with van der Waals surface area (Å²) in [6, 6.07) is 15.8. The number of carbonyl (C=O) groups is 1. The Bertz CT molecular complexity index is 1160. The van der Waals surface area contributed by atoms with Crippen molar-refractivity contribution in [1.29, 1.82) is 0 Å². The van der Waals surface area contributed by atoms with E-state index in [2.05, 4.69) is 10.5 Å². The monoisotopic (exact) mass is 417 g/mol. The molecule has 2 aromatic carbocycles. The van der Waals surface area contributed by atoms with Crippen LogP contribution < -0.4 is 5.32 Å². The van der Waals surface area contributed by atoms with Crippen LogP contribution in [0.25, 0.3) is 32.9 Å². The molecule has 1 amide bonds. The molecule has 1 N–H and O–H groups in total. The van der Waals surface area contributed by atoms with Crippen LogP contribution in [0, 0.1) is 0 Å². The molecule has 2 aromatic heterocycles. The summed E-state index contributed by atoms with van der Waals surface area (Å²) in [7, 11) is 0. The van der Waals surface area contributed by atoms with Crippen LogP contribution in [0.4, 0.5) is 0 Å². The quantitative estimate of drug-likeness (QED) is 0.409. The molecule has 0 radical (unpaired) electrons. The minimum absolute atomic E-state index is 0.0285. The molecule has 1 saturated carbocycles. The first-order valence-electron chi connectivity index (χ1n) is 10.5. The highest BCUT2D eigenvalue weighted by molar-refractivity contribution is 7.13. The van der Waals surface area contributed by atoms with Crippen LogP contribution in [0.15, 0.2) is 58.4 Å². The number of benzene rings is 2. The molecule has 5 rings (SSSR count). The zero-order chi connectivity index (χ0) is 20.3. The van der Waals surface area contributed by atoms with Crippen molar-refractivity contribution in [3.05, 3.63) is 59.5 Å². The molecule has 6 heteroatoms. The molecule has 152 valence electrons. The predicted octanol–water partition coefficient (Wildman–Crippen LogP) is 6.07. The summed E-state index contributed by atoms with van der Waals surface area (Å²) >= 11 is 1.57. The van der Waals surface area contributed by atoms with Crippen LogP contribution >= 0.6 is 11.3 Å². The van der Waals surface area contributed by atoms with Crippen LogP contribution in [0.5, 0.6) is 0 Å². The second-order valence-electron chi connectivity index (χ2n) is 7.81. The molecule has 0 spiro atoms. The Morgan fingerprint density at radius 2 is 1.83 bits per heavy atom. The first kappa shape index (κ1) is 19.0. The number of hydrogen-bond donors (Lipinski definition) is 1. The number of nitrogens with one attached hydrogen (secondary N) is 1. The Kier molecular flexibility index (Phi) is 5.32. The SMILES string of the molecule is O=C(NC1CCCCCC1)c1ccc2onc(-c3csc(-c4ccccc4)n3)c2c1. The number of nitrogens with zero attached hydrogens (tertiary/aromatic N) is 2. The first-order chi connectivity index (χ1) is 14.8. The number of fused-ring (bicyclic) bond motifs is 1. The van der Waals surface area contributed by atoms with Gasteiger partial charge in [0.2, 0.25) is 0 Å². The average molecular weight is 418 g/mol. The maximum atomic E-state index is 12.9. The van der Waals surface area contributed by atoms with Crippen molar-refractivity contribution in [2.45, 2.75) is 44.6 Å². The molecule has 5 nitrogen and oxygen atoms in total. The van der Waals surface area contributed by atoms with E-state index >= 15 is 0 Å². The first-order valence-corrected chi connectivity index (χ1v) is 11.4. The average Bonchev–Trinajstić information content (AvgIpc) is 3.35. The Hall–Kier alpha value is -2.99. The van der Waals surface area contributed by atoms with Crippen LogP contribution in [-0.4, -0.2) is 22.1 Å². The van der Waals surface area contributed by atoms with Crippen LogP contribution in [0.3, 0.4) is 0 Å². The number of carbonyl (C=O) groups excluding carboxylic acids is 1. The van der Waals surface area contributed by atoms with Gasteiger partial charge in [0.15, 0.2) is 5.58 Å². The van der Waals surface area contributed by atoms with Gasteiger partial charge in [-0.25, -0.2) is 4.98 Å². The van der Waals surface area contributed by atoms with E-state index in [0.717, 1.165) is 34.5 Å². The Morgan fingerprint density at radius 1 is 1.03 bits per heavy atom. The lowest BCUT2D eigenvalue weighted by atomic mass is 10.1. The highest BCUT2D eigenvalue weighted by Gasteiger charge is 2.19. The van der Waals surface area contributed by atoms with Gasteiger partial charge in [0.1, 0.15) is 16.4 Å². The molecule has 4 aromatic rings. The maximum Gasteiger partial charge on any atom is 0.251 e. The molecule has 0 bridgehead atoms. The fourth-order valence-corrected chi connectivity index (χ4v) is 4.86.